The molecule has 1 aromatic carbocycles. The Bertz CT molecular complexity index is 944. The van der Waals surface area contributed by atoms with Crippen LogP contribution in [0.2, 0.25) is 0 Å². The van der Waals surface area contributed by atoms with Gasteiger partial charge in [0.25, 0.3) is 0 Å². The summed E-state index contributed by atoms with van der Waals surface area (Å²) in [5.74, 6) is -0.500. The molecule has 5 nitrogen and oxygen atoms in total. The molecule has 5 heteroatoms. The maximum absolute atomic E-state index is 13.0. The highest BCUT2D eigenvalue weighted by atomic mass is 16.7. The number of fused-ring (bicyclic) bond motifs is 4. The van der Waals surface area contributed by atoms with Crippen molar-refractivity contribution in [2.75, 3.05) is 0 Å². The fourth-order valence-corrected chi connectivity index (χ4v) is 5.13. The second kappa shape index (κ2) is 5.41. The zero-order valence-electron chi connectivity index (χ0n) is 15.4. The smallest absolute Gasteiger partial charge is 0.354 e. The largest absolute Gasteiger partial charge is 0.454 e. The van der Waals surface area contributed by atoms with E-state index in [-0.39, 0.29) is 23.1 Å². The van der Waals surface area contributed by atoms with Crippen LogP contribution in [0.1, 0.15) is 38.7 Å². The summed E-state index contributed by atoms with van der Waals surface area (Å²) in [6.45, 7) is 3.95. The lowest BCUT2D eigenvalue weighted by molar-refractivity contribution is -0.158. The summed E-state index contributed by atoms with van der Waals surface area (Å²) in [6.07, 6.45) is 5.25. The van der Waals surface area contributed by atoms with Crippen LogP contribution >= 0.6 is 0 Å². The van der Waals surface area contributed by atoms with Gasteiger partial charge in [0.1, 0.15) is 6.10 Å². The number of allylic oxidation sites excluding steroid dienone is 3. The van der Waals surface area contributed by atoms with Gasteiger partial charge in [0.05, 0.1) is 11.6 Å². The average Bonchev–Trinajstić information content (AvgIpc) is 3.23. The monoisotopic (exact) mass is 363 g/mol. The summed E-state index contributed by atoms with van der Waals surface area (Å²) >= 11 is 0. The van der Waals surface area contributed by atoms with Crippen LogP contribution in [0, 0.1) is 11.3 Å². The summed E-state index contributed by atoms with van der Waals surface area (Å²) in [5.41, 5.74) is 2.04. The minimum Gasteiger partial charge on any atom is -0.454 e. The number of carbonyl (C=O) groups excluding carboxylic acids is 2. The molecule has 0 aromatic heterocycles. The van der Waals surface area contributed by atoms with Crippen molar-refractivity contribution in [1.29, 1.82) is 0 Å². The Morgan fingerprint density at radius 2 is 1.96 bits per heavy atom. The van der Waals surface area contributed by atoms with E-state index in [9.17, 15) is 9.59 Å². The lowest BCUT2D eigenvalue weighted by Crippen LogP contribution is -2.47. The van der Waals surface area contributed by atoms with Crippen LogP contribution in [0.25, 0.3) is 0 Å². The predicted octanol–water partition coefficient (Wildman–Crippen LogP) is 3.35. The number of nitrogens with zero attached hydrogens (tertiary/aromatic N) is 1. The van der Waals surface area contributed by atoms with Crippen LogP contribution < -0.4 is 0 Å². The minimum atomic E-state index is -1.07. The number of benzene rings is 1. The molecule has 1 aromatic rings. The van der Waals surface area contributed by atoms with E-state index < -0.39 is 11.7 Å². The Morgan fingerprint density at radius 1 is 1.19 bits per heavy atom. The standard InChI is InChI=1S/C22H21NO4/c1-13-17(24)9-11-21(2)10-8-15-19(18(13)21)26-20(25)22(15)12-16(23-27-22)14-6-4-3-5-7-14/h3-7,9,11,15,19H,8,10,12H2,1-2H3/t15-,19+,21+,22+/m1/s1. The normalized spacial score (nSPS) is 37.0. The number of hydrogen-bond donors (Lipinski definition) is 0. The number of oxime groups is 1. The quantitative estimate of drug-likeness (QED) is 0.718. The van der Waals surface area contributed by atoms with Crippen molar-refractivity contribution in [2.24, 2.45) is 16.5 Å². The van der Waals surface area contributed by atoms with Crippen molar-refractivity contribution in [3.05, 3.63) is 59.2 Å². The van der Waals surface area contributed by atoms with Gasteiger partial charge in [0.2, 0.25) is 5.60 Å². The molecule has 0 amide bonds. The molecule has 138 valence electrons. The molecule has 0 N–H and O–H groups in total. The minimum absolute atomic E-state index is 0.00584. The van der Waals surface area contributed by atoms with Crippen molar-refractivity contribution >= 4 is 17.5 Å². The fourth-order valence-electron chi connectivity index (χ4n) is 5.13. The highest BCUT2D eigenvalue weighted by molar-refractivity contribution is 6.07. The first-order chi connectivity index (χ1) is 12.9. The maximum Gasteiger partial charge on any atom is 0.354 e. The van der Waals surface area contributed by atoms with E-state index >= 15 is 0 Å². The Hall–Kier alpha value is -2.69. The molecule has 1 saturated carbocycles. The van der Waals surface area contributed by atoms with Gasteiger partial charge in [-0.2, -0.15) is 0 Å². The van der Waals surface area contributed by atoms with Gasteiger partial charge >= 0.3 is 5.97 Å². The van der Waals surface area contributed by atoms with E-state index in [1.54, 1.807) is 6.08 Å². The number of carbonyl (C=O) groups is 2. The molecule has 0 radical (unpaired) electrons. The lowest BCUT2D eigenvalue weighted by atomic mass is 9.60. The van der Waals surface area contributed by atoms with E-state index in [4.69, 9.17) is 9.57 Å². The molecule has 2 fully saturated rings. The Kier molecular flexibility index (Phi) is 3.30. The van der Waals surface area contributed by atoms with Crippen molar-refractivity contribution in [2.45, 2.75) is 44.8 Å². The van der Waals surface area contributed by atoms with E-state index in [0.717, 1.165) is 29.7 Å². The zero-order chi connectivity index (χ0) is 18.8. The Morgan fingerprint density at radius 3 is 2.74 bits per heavy atom. The van der Waals surface area contributed by atoms with E-state index in [0.29, 0.717) is 12.0 Å². The number of esters is 1. The molecule has 4 aliphatic rings. The van der Waals surface area contributed by atoms with Gasteiger partial charge in [-0.15, -0.1) is 0 Å². The molecule has 0 unspecified atom stereocenters. The molecule has 2 aliphatic heterocycles. The van der Waals surface area contributed by atoms with Crippen molar-refractivity contribution in [3.8, 4) is 0 Å². The molecule has 1 saturated heterocycles. The van der Waals surface area contributed by atoms with Crippen LogP contribution in [0.4, 0.5) is 0 Å². The lowest BCUT2D eigenvalue weighted by Gasteiger charge is -2.43. The van der Waals surface area contributed by atoms with Gasteiger partial charge < -0.3 is 9.57 Å². The molecule has 2 aliphatic carbocycles. The third kappa shape index (κ3) is 2.14. The summed E-state index contributed by atoms with van der Waals surface area (Å²) < 4.78 is 5.86. The predicted molar refractivity (Wildman–Crippen MR) is 99.0 cm³/mol. The molecular formula is C22H21NO4. The summed E-state index contributed by atoms with van der Waals surface area (Å²) in [7, 11) is 0. The topological polar surface area (TPSA) is 65.0 Å². The molecular weight excluding hydrogens is 342 g/mol. The van der Waals surface area contributed by atoms with Gasteiger partial charge in [-0.1, -0.05) is 48.5 Å². The molecule has 27 heavy (non-hydrogen) atoms. The first-order valence-corrected chi connectivity index (χ1v) is 9.41. The van der Waals surface area contributed by atoms with Gasteiger partial charge in [0.15, 0.2) is 5.78 Å². The third-order valence-corrected chi connectivity index (χ3v) is 6.65. The van der Waals surface area contributed by atoms with Gasteiger partial charge in [0, 0.05) is 17.4 Å². The summed E-state index contributed by atoms with van der Waals surface area (Å²) in [4.78, 5) is 31.0. The fraction of sp³-hybridized carbons (Fsp3) is 0.409. The van der Waals surface area contributed by atoms with Crippen LogP contribution in [0.15, 0.2) is 58.8 Å². The second-order valence-corrected chi connectivity index (χ2v) is 8.19. The molecule has 5 rings (SSSR count). The molecule has 2 heterocycles. The van der Waals surface area contributed by atoms with Crippen molar-refractivity contribution in [3.63, 3.8) is 0 Å². The number of hydrogen-bond acceptors (Lipinski definition) is 5. The molecule has 1 spiro atoms. The van der Waals surface area contributed by atoms with Gasteiger partial charge in [-0.3, -0.25) is 4.79 Å². The van der Waals surface area contributed by atoms with E-state index in [1.165, 1.54) is 0 Å². The van der Waals surface area contributed by atoms with Crippen LogP contribution in [-0.4, -0.2) is 29.2 Å². The van der Waals surface area contributed by atoms with Crippen LogP contribution in [0.5, 0.6) is 0 Å². The van der Waals surface area contributed by atoms with Crippen molar-refractivity contribution < 1.29 is 19.2 Å². The summed E-state index contributed by atoms with van der Waals surface area (Å²) in [6, 6.07) is 9.76. The Balaban J connectivity index is 1.52. The number of ether oxygens (including phenoxy) is 1. The highest BCUT2D eigenvalue weighted by Gasteiger charge is 2.66. The number of rotatable bonds is 1. The molecule has 0 bridgehead atoms. The van der Waals surface area contributed by atoms with Crippen molar-refractivity contribution in [1.82, 2.24) is 0 Å². The maximum atomic E-state index is 13.0. The first kappa shape index (κ1) is 16.5. The van der Waals surface area contributed by atoms with Crippen LogP contribution in [0.3, 0.4) is 0 Å². The SMILES string of the molecule is CC1=C2[C@H]3OC(=O)[C@]4(CC(c5ccccc5)=NO4)[C@@H]3CC[C@@]2(C)C=CC1=O. The highest BCUT2D eigenvalue weighted by Crippen LogP contribution is 2.56. The summed E-state index contributed by atoms with van der Waals surface area (Å²) in [5, 5.41) is 4.26. The molecule has 4 atom stereocenters. The first-order valence-electron chi connectivity index (χ1n) is 9.41. The average molecular weight is 363 g/mol. The van der Waals surface area contributed by atoms with Crippen LogP contribution in [-0.2, 0) is 19.2 Å². The second-order valence-electron chi connectivity index (χ2n) is 8.19. The van der Waals surface area contributed by atoms with E-state index in [1.807, 2.05) is 43.3 Å². The van der Waals surface area contributed by atoms with Gasteiger partial charge in [-0.25, -0.2) is 4.79 Å². The van der Waals surface area contributed by atoms with Gasteiger partial charge in [-0.05, 0) is 37.0 Å². The number of ketones is 1. The van der Waals surface area contributed by atoms with E-state index in [2.05, 4.69) is 12.1 Å². The zero-order valence-corrected chi connectivity index (χ0v) is 15.4. The third-order valence-electron chi connectivity index (χ3n) is 6.65. The Labute approximate surface area is 157 Å².